The first kappa shape index (κ1) is 12.0. The normalized spacial score (nSPS) is 10.6. The summed E-state index contributed by atoms with van der Waals surface area (Å²) in [6, 6.07) is 8.57. The molecule has 0 aliphatic rings. The molecule has 1 aromatic carbocycles. The Morgan fingerprint density at radius 3 is 2.73 bits per heavy atom. The van der Waals surface area contributed by atoms with E-state index >= 15 is 0 Å². The summed E-state index contributed by atoms with van der Waals surface area (Å²) in [6.07, 6.45) is 0. The third-order valence-electron chi connectivity index (χ3n) is 2.12. The van der Waals surface area contributed by atoms with E-state index in [1.807, 2.05) is 24.3 Å². The first-order valence-electron chi connectivity index (χ1n) is 4.93. The average Bonchev–Trinajstić information content (AvgIpc) is 2.57. The standard InChI is InChI=1S/C11H15N3.ClH/c1-8(2)12-7-11-13-9-5-3-4-6-10(9)14-11;/h3-6,8,12H,7H2,1-2H3,(H,13,14);1H. The van der Waals surface area contributed by atoms with Crippen LogP contribution in [0, 0.1) is 0 Å². The average molecular weight is 226 g/mol. The van der Waals surface area contributed by atoms with E-state index in [-0.39, 0.29) is 12.4 Å². The van der Waals surface area contributed by atoms with Crippen LogP contribution in [0.15, 0.2) is 24.3 Å². The van der Waals surface area contributed by atoms with Crippen LogP contribution < -0.4 is 5.32 Å². The van der Waals surface area contributed by atoms with Gasteiger partial charge in [-0.15, -0.1) is 12.4 Å². The zero-order valence-corrected chi connectivity index (χ0v) is 9.77. The van der Waals surface area contributed by atoms with Gasteiger partial charge in [0.2, 0.25) is 0 Å². The molecule has 2 N–H and O–H groups in total. The number of benzene rings is 1. The van der Waals surface area contributed by atoms with E-state index in [1.165, 1.54) is 0 Å². The molecule has 1 aromatic heterocycles. The molecule has 82 valence electrons. The number of nitrogens with zero attached hydrogens (tertiary/aromatic N) is 1. The maximum atomic E-state index is 4.47. The summed E-state index contributed by atoms with van der Waals surface area (Å²) >= 11 is 0. The Labute approximate surface area is 95.7 Å². The molecule has 0 radical (unpaired) electrons. The van der Waals surface area contributed by atoms with E-state index < -0.39 is 0 Å². The summed E-state index contributed by atoms with van der Waals surface area (Å²) < 4.78 is 0. The highest BCUT2D eigenvalue weighted by Crippen LogP contribution is 2.09. The third kappa shape index (κ3) is 2.94. The van der Waals surface area contributed by atoms with Crippen molar-refractivity contribution in [1.29, 1.82) is 0 Å². The molecular weight excluding hydrogens is 210 g/mol. The summed E-state index contributed by atoms with van der Waals surface area (Å²) in [4.78, 5) is 7.74. The van der Waals surface area contributed by atoms with Crippen LogP contribution in [-0.2, 0) is 6.54 Å². The number of H-pyrrole nitrogens is 1. The molecule has 4 heteroatoms. The molecule has 0 saturated carbocycles. The second-order valence-electron chi connectivity index (χ2n) is 3.74. The summed E-state index contributed by atoms with van der Waals surface area (Å²) in [6.45, 7) is 5.05. The first-order chi connectivity index (χ1) is 6.75. The fourth-order valence-corrected chi connectivity index (χ4v) is 1.39. The maximum absolute atomic E-state index is 4.47. The van der Waals surface area contributed by atoms with Crippen LogP contribution in [0.25, 0.3) is 11.0 Å². The number of hydrogen-bond donors (Lipinski definition) is 2. The van der Waals surface area contributed by atoms with Crippen molar-refractivity contribution < 1.29 is 0 Å². The number of halogens is 1. The summed E-state index contributed by atoms with van der Waals surface area (Å²) in [5, 5.41) is 3.33. The molecule has 0 fully saturated rings. The second-order valence-corrected chi connectivity index (χ2v) is 3.74. The largest absolute Gasteiger partial charge is 0.341 e. The zero-order chi connectivity index (χ0) is 9.97. The molecule has 0 spiro atoms. The van der Waals surface area contributed by atoms with E-state index in [0.29, 0.717) is 6.04 Å². The van der Waals surface area contributed by atoms with Gasteiger partial charge in [0, 0.05) is 6.04 Å². The van der Waals surface area contributed by atoms with Crippen LogP contribution >= 0.6 is 12.4 Å². The number of nitrogens with one attached hydrogen (secondary N) is 2. The highest BCUT2D eigenvalue weighted by molar-refractivity contribution is 5.85. The first-order valence-corrected chi connectivity index (χ1v) is 4.93. The quantitative estimate of drug-likeness (QED) is 0.843. The number of aromatic amines is 1. The monoisotopic (exact) mass is 225 g/mol. The van der Waals surface area contributed by atoms with Crippen molar-refractivity contribution in [3.63, 3.8) is 0 Å². The minimum absolute atomic E-state index is 0. The lowest BCUT2D eigenvalue weighted by atomic mass is 10.3. The molecule has 0 unspecified atom stereocenters. The molecule has 0 bridgehead atoms. The van der Waals surface area contributed by atoms with Crippen LogP contribution in [0.2, 0.25) is 0 Å². The lowest BCUT2D eigenvalue weighted by molar-refractivity contribution is 0.576. The van der Waals surface area contributed by atoms with Crippen molar-refractivity contribution in [2.75, 3.05) is 0 Å². The Hall–Kier alpha value is -1.06. The van der Waals surface area contributed by atoms with Crippen molar-refractivity contribution in [3.05, 3.63) is 30.1 Å². The number of rotatable bonds is 3. The summed E-state index contributed by atoms with van der Waals surface area (Å²) in [5.41, 5.74) is 2.14. The number of para-hydroxylation sites is 2. The van der Waals surface area contributed by atoms with Gasteiger partial charge in [-0.25, -0.2) is 4.98 Å². The number of fused-ring (bicyclic) bond motifs is 1. The number of imidazole rings is 1. The van der Waals surface area contributed by atoms with Crippen LogP contribution in [0.5, 0.6) is 0 Å². The zero-order valence-electron chi connectivity index (χ0n) is 8.95. The van der Waals surface area contributed by atoms with Gasteiger partial charge in [0.05, 0.1) is 17.6 Å². The van der Waals surface area contributed by atoms with Crippen LogP contribution in [0.1, 0.15) is 19.7 Å². The van der Waals surface area contributed by atoms with Crippen LogP contribution in [0.3, 0.4) is 0 Å². The molecule has 3 nitrogen and oxygen atoms in total. The highest BCUT2D eigenvalue weighted by atomic mass is 35.5. The lowest BCUT2D eigenvalue weighted by Crippen LogP contribution is -2.22. The van der Waals surface area contributed by atoms with Gasteiger partial charge in [0.1, 0.15) is 5.82 Å². The molecule has 1 heterocycles. The minimum Gasteiger partial charge on any atom is -0.341 e. The second kappa shape index (κ2) is 5.14. The van der Waals surface area contributed by atoms with Crippen molar-refractivity contribution in [2.45, 2.75) is 26.4 Å². The van der Waals surface area contributed by atoms with E-state index in [1.54, 1.807) is 0 Å². The third-order valence-corrected chi connectivity index (χ3v) is 2.12. The maximum Gasteiger partial charge on any atom is 0.121 e. The Kier molecular flexibility index (Phi) is 4.12. The van der Waals surface area contributed by atoms with Gasteiger partial charge in [0.25, 0.3) is 0 Å². The van der Waals surface area contributed by atoms with Crippen LogP contribution in [0.4, 0.5) is 0 Å². The van der Waals surface area contributed by atoms with E-state index in [9.17, 15) is 0 Å². The van der Waals surface area contributed by atoms with Gasteiger partial charge in [-0.2, -0.15) is 0 Å². The van der Waals surface area contributed by atoms with Gasteiger partial charge in [-0.1, -0.05) is 26.0 Å². The fourth-order valence-electron chi connectivity index (χ4n) is 1.39. The molecule has 0 aliphatic carbocycles. The van der Waals surface area contributed by atoms with Gasteiger partial charge < -0.3 is 10.3 Å². The molecule has 0 atom stereocenters. The van der Waals surface area contributed by atoms with Gasteiger partial charge in [-0.05, 0) is 12.1 Å². The van der Waals surface area contributed by atoms with Gasteiger partial charge >= 0.3 is 0 Å². The van der Waals surface area contributed by atoms with Gasteiger partial charge in [-0.3, -0.25) is 0 Å². The van der Waals surface area contributed by atoms with Crippen molar-refractivity contribution in [2.24, 2.45) is 0 Å². The number of hydrogen-bond acceptors (Lipinski definition) is 2. The van der Waals surface area contributed by atoms with Crippen molar-refractivity contribution in [3.8, 4) is 0 Å². The summed E-state index contributed by atoms with van der Waals surface area (Å²) in [5.74, 6) is 1.000. The van der Waals surface area contributed by atoms with Crippen LogP contribution in [-0.4, -0.2) is 16.0 Å². The Morgan fingerprint density at radius 2 is 2.07 bits per heavy atom. The lowest BCUT2D eigenvalue weighted by Gasteiger charge is -2.04. The molecular formula is C11H16ClN3. The molecule has 0 saturated heterocycles. The van der Waals surface area contributed by atoms with E-state index in [0.717, 1.165) is 23.4 Å². The molecule has 2 rings (SSSR count). The predicted molar refractivity (Wildman–Crippen MR) is 65.3 cm³/mol. The fraction of sp³-hybridized carbons (Fsp3) is 0.364. The topological polar surface area (TPSA) is 40.7 Å². The van der Waals surface area contributed by atoms with Crippen molar-refractivity contribution in [1.82, 2.24) is 15.3 Å². The molecule has 15 heavy (non-hydrogen) atoms. The Morgan fingerprint density at radius 1 is 1.33 bits per heavy atom. The Bertz CT molecular complexity index is 389. The number of aromatic nitrogens is 2. The SMILES string of the molecule is CC(C)NCc1nc2ccccc2[nH]1.Cl. The molecule has 0 amide bonds. The molecule has 0 aliphatic heterocycles. The Balaban J connectivity index is 0.00000112. The molecule has 2 aromatic rings. The van der Waals surface area contributed by atoms with E-state index in [2.05, 4.69) is 29.1 Å². The summed E-state index contributed by atoms with van der Waals surface area (Å²) in [7, 11) is 0. The van der Waals surface area contributed by atoms with E-state index in [4.69, 9.17) is 0 Å². The smallest absolute Gasteiger partial charge is 0.121 e. The minimum atomic E-state index is 0. The van der Waals surface area contributed by atoms with Crippen molar-refractivity contribution >= 4 is 23.4 Å². The predicted octanol–water partition coefficient (Wildman–Crippen LogP) is 2.48. The highest BCUT2D eigenvalue weighted by Gasteiger charge is 2.01. The van der Waals surface area contributed by atoms with Gasteiger partial charge in [0.15, 0.2) is 0 Å².